The standard InChI is InChI=1S/C16H25N3O3/c1-18(11-16(17)21)9-15-10-19(6-7-22-15)8-13-2-4-14(12-20)5-3-13/h2-5,15,20H,6-12H2,1H3,(H2,17,21). The Kier molecular flexibility index (Phi) is 6.33. The molecule has 0 bridgehead atoms. The van der Waals surface area contributed by atoms with Gasteiger partial charge < -0.3 is 15.6 Å². The molecule has 1 aromatic rings. The second-order valence-electron chi connectivity index (χ2n) is 5.87. The molecule has 1 atom stereocenters. The van der Waals surface area contributed by atoms with Gasteiger partial charge in [-0.2, -0.15) is 0 Å². The van der Waals surface area contributed by atoms with Gasteiger partial charge in [0.2, 0.25) is 5.91 Å². The van der Waals surface area contributed by atoms with E-state index < -0.39 is 0 Å². The molecule has 1 saturated heterocycles. The molecule has 3 N–H and O–H groups in total. The average Bonchev–Trinajstić information content (AvgIpc) is 2.47. The van der Waals surface area contributed by atoms with Gasteiger partial charge in [-0.3, -0.25) is 14.6 Å². The van der Waals surface area contributed by atoms with E-state index in [-0.39, 0.29) is 25.2 Å². The van der Waals surface area contributed by atoms with Crippen LogP contribution in [0.4, 0.5) is 0 Å². The van der Waals surface area contributed by atoms with Crippen LogP contribution >= 0.6 is 0 Å². The largest absolute Gasteiger partial charge is 0.392 e. The molecule has 1 heterocycles. The summed E-state index contributed by atoms with van der Waals surface area (Å²) in [7, 11) is 1.88. The molecular formula is C16H25N3O3. The number of carbonyl (C=O) groups is 1. The first kappa shape index (κ1) is 16.9. The fourth-order valence-electron chi connectivity index (χ4n) is 2.72. The van der Waals surface area contributed by atoms with Crippen LogP contribution in [0.25, 0.3) is 0 Å². The molecule has 1 aliphatic heterocycles. The van der Waals surface area contributed by atoms with E-state index in [1.165, 1.54) is 5.56 Å². The Hall–Kier alpha value is -1.47. The number of aliphatic hydroxyl groups is 1. The Labute approximate surface area is 131 Å². The van der Waals surface area contributed by atoms with Crippen molar-refractivity contribution < 1.29 is 14.6 Å². The first-order chi connectivity index (χ1) is 10.6. The quantitative estimate of drug-likeness (QED) is 0.729. The van der Waals surface area contributed by atoms with Gasteiger partial charge in [0, 0.05) is 26.2 Å². The summed E-state index contributed by atoms with van der Waals surface area (Å²) in [5.74, 6) is -0.320. The molecule has 0 radical (unpaired) electrons. The van der Waals surface area contributed by atoms with Crippen LogP contribution in [0.1, 0.15) is 11.1 Å². The molecule has 0 spiro atoms. The third kappa shape index (κ3) is 5.38. The van der Waals surface area contributed by atoms with Crippen molar-refractivity contribution in [2.75, 3.05) is 39.8 Å². The van der Waals surface area contributed by atoms with Crippen molar-refractivity contribution in [1.82, 2.24) is 9.80 Å². The van der Waals surface area contributed by atoms with Crippen molar-refractivity contribution in [2.45, 2.75) is 19.3 Å². The zero-order chi connectivity index (χ0) is 15.9. The number of primary amides is 1. The molecule has 6 heteroatoms. The number of morpholine rings is 1. The van der Waals surface area contributed by atoms with E-state index >= 15 is 0 Å². The smallest absolute Gasteiger partial charge is 0.231 e. The lowest BCUT2D eigenvalue weighted by Gasteiger charge is -2.34. The van der Waals surface area contributed by atoms with Gasteiger partial charge in [0.15, 0.2) is 0 Å². The number of aliphatic hydroxyl groups excluding tert-OH is 1. The molecule has 1 amide bonds. The summed E-state index contributed by atoms with van der Waals surface area (Å²) in [6.45, 7) is 4.33. The molecule has 1 unspecified atom stereocenters. The Bertz CT molecular complexity index is 478. The minimum atomic E-state index is -0.320. The van der Waals surface area contributed by atoms with E-state index in [0.717, 1.165) is 25.2 Å². The SMILES string of the molecule is CN(CC(N)=O)CC1CN(Cc2ccc(CO)cc2)CCO1. The zero-order valence-corrected chi connectivity index (χ0v) is 13.1. The molecule has 1 aromatic carbocycles. The van der Waals surface area contributed by atoms with Gasteiger partial charge >= 0.3 is 0 Å². The molecule has 122 valence electrons. The Morgan fingerprint density at radius 3 is 2.73 bits per heavy atom. The number of benzene rings is 1. The number of rotatable bonds is 7. The Morgan fingerprint density at radius 2 is 2.09 bits per heavy atom. The molecule has 0 aliphatic carbocycles. The first-order valence-electron chi connectivity index (χ1n) is 7.56. The van der Waals surface area contributed by atoms with Crippen LogP contribution in [-0.2, 0) is 22.7 Å². The number of hydrogen-bond acceptors (Lipinski definition) is 5. The van der Waals surface area contributed by atoms with Gasteiger partial charge in [-0.25, -0.2) is 0 Å². The molecule has 2 rings (SSSR count). The highest BCUT2D eigenvalue weighted by Crippen LogP contribution is 2.12. The van der Waals surface area contributed by atoms with Crippen molar-refractivity contribution >= 4 is 5.91 Å². The van der Waals surface area contributed by atoms with Crippen molar-refractivity contribution in [3.63, 3.8) is 0 Å². The second kappa shape index (κ2) is 8.24. The molecule has 1 aliphatic rings. The first-order valence-corrected chi connectivity index (χ1v) is 7.56. The highest BCUT2D eigenvalue weighted by Gasteiger charge is 2.22. The van der Waals surface area contributed by atoms with Crippen LogP contribution in [0.5, 0.6) is 0 Å². The van der Waals surface area contributed by atoms with Crippen molar-refractivity contribution in [1.29, 1.82) is 0 Å². The maximum absolute atomic E-state index is 10.9. The predicted octanol–water partition coefficient (Wildman–Crippen LogP) is -0.203. The monoisotopic (exact) mass is 307 g/mol. The summed E-state index contributed by atoms with van der Waals surface area (Å²) in [5.41, 5.74) is 7.35. The van der Waals surface area contributed by atoms with Crippen molar-refractivity contribution in [2.24, 2.45) is 5.73 Å². The van der Waals surface area contributed by atoms with Crippen LogP contribution in [0, 0.1) is 0 Å². The summed E-state index contributed by atoms with van der Waals surface area (Å²) in [6.07, 6.45) is 0.0924. The molecule has 0 saturated carbocycles. The van der Waals surface area contributed by atoms with Crippen LogP contribution in [0.3, 0.4) is 0 Å². The number of ether oxygens (including phenoxy) is 1. The van der Waals surface area contributed by atoms with Gasteiger partial charge in [-0.05, 0) is 18.2 Å². The van der Waals surface area contributed by atoms with Gasteiger partial charge in [0.05, 0.1) is 25.9 Å². The summed E-state index contributed by atoms with van der Waals surface area (Å²) in [5, 5.41) is 9.07. The van der Waals surface area contributed by atoms with Crippen LogP contribution < -0.4 is 5.73 Å². The number of nitrogens with zero attached hydrogens (tertiary/aromatic N) is 2. The van der Waals surface area contributed by atoms with E-state index in [0.29, 0.717) is 13.2 Å². The predicted molar refractivity (Wildman–Crippen MR) is 84.1 cm³/mol. The number of nitrogens with two attached hydrogens (primary N) is 1. The van der Waals surface area contributed by atoms with Gasteiger partial charge in [0.25, 0.3) is 0 Å². The maximum atomic E-state index is 10.9. The lowest BCUT2D eigenvalue weighted by atomic mass is 10.1. The maximum Gasteiger partial charge on any atom is 0.231 e. The molecule has 22 heavy (non-hydrogen) atoms. The van der Waals surface area contributed by atoms with Crippen LogP contribution in [0.2, 0.25) is 0 Å². The molecule has 0 aromatic heterocycles. The molecule has 6 nitrogen and oxygen atoms in total. The highest BCUT2D eigenvalue weighted by atomic mass is 16.5. The van der Waals surface area contributed by atoms with E-state index in [1.54, 1.807) is 0 Å². The average molecular weight is 307 g/mol. The van der Waals surface area contributed by atoms with E-state index in [9.17, 15) is 4.79 Å². The zero-order valence-electron chi connectivity index (χ0n) is 13.1. The molecular weight excluding hydrogens is 282 g/mol. The topological polar surface area (TPSA) is 79.0 Å². The number of carbonyl (C=O) groups excluding carboxylic acids is 1. The number of hydrogen-bond donors (Lipinski definition) is 2. The highest BCUT2D eigenvalue weighted by molar-refractivity contribution is 5.75. The fourth-order valence-corrected chi connectivity index (χ4v) is 2.72. The van der Waals surface area contributed by atoms with Crippen LogP contribution in [0.15, 0.2) is 24.3 Å². The Balaban J connectivity index is 1.83. The van der Waals surface area contributed by atoms with Crippen molar-refractivity contribution in [3.05, 3.63) is 35.4 Å². The van der Waals surface area contributed by atoms with E-state index in [1.807, 2.05) is 24.1 Å². The van der Waals surface area contributed by atoms with Gasteiger partial charge in [0.1, 0.15) is 0 Å². The minimum Gasteiger partial charge on any atom is -0.392 e. The fraction of sp³-hybridized carbons (Fsp3) is 0.562. The van der Waals surface area contributed by atoms with Crippen molar-refractivity contribution in [3.8, 4) is 0 Å². The number of amides is 1. The van der Waals surface area contributed by atoms with E-state index in [4.69, 9.17) is 15.6 Å². The Morgan fingerprint density at radius 1 is 1.41 bits per heavy atom. The lowest BCUT2D eigenvalue weighted by Crippen LogP contribution is -2.47. The normalized spacial score (nSPS) is 19.5. The lowest BCUT2D eigenvalue weighted by molar-refractivity contribution is -0.119. The summed E-state index contributed by atoms with van der Waals surface area (Å²) in [4.78, 5) is 15.2. The molecule has 1 fully saturated rings. The van der Waals surface area contributed by atoms with Gasteiger partial charge in [-0.15, -0.1) is 0 Å². The minimum absolute atomic E-state index is 0.0755. The summed E-state index contributed by atoms with van der Waals surface area (Å²) < 4.78 is 5.77. The third-order valence-electron chi connectivity index (χ3n) is 3.78. The third-order valence-corrected chi connectivity index (χ3v) is 3.78. The number of likely N-dealkylation sites (N-methyl/N-ethyl adjacent to an activating group) is 1. The summed E-state index contributed by atoms with van der Waals surface area (Å²) in [6, 6.07) is 8.01. The second-order valence-corrected chi connectivity index (χ2v) is 5.87. The van der Waals surface area contributed by atoms with E-state index in [2.05, 4.69) is 17.0 Å². The van der Waals surface area contributed by atoms with Crippen LogP contribution in [-0.4, -0.2) is 66.8 Å². The summed E-state index contributed by atoms with van der Waals surface area (Å²) >= 11 is 0. The van der Waals surface area contributed by atoms with Gasteiger partial charge in [-0.1, -0.05) is 24.3 Å².